The number of rotatable bonds is 5. The molecule has 0 aromatic carbocycles. The number of amides is 2. The smallest absolute Gasteiger partial charge is 0.267 e. The van der Waals surface area contributed by atoms with Gasteiger partial charge in [0.15, 0.2) is 0 Å². The van der Waals surface area contributed by atoms with Crippen molar-refractivity contribution in [2.45, 2.75) is 32.2 Å². The molecule has 0 aliphatic heterocycles. The minimum Gasteiger partial charge on any atom is -0.467 e. The van der Waals surface area contributed by atoms with Crippen LogP contribution in [0.5, 0.6) is 0 Å². The lowest BCUT2D eigenvalue weighted by atomic mass is 9.95. The van der Waals surface area contributed by atoms with Crippen molar-refractivity contribution in [2.24, 2.45) is 0 Å². The van der Waals surface area contributed by atoms with Crippen LogP contribution in [0.1, 0.15) is 49.8 Å². The van der Waals surface area contributed by atoms with Crippen molar-refractivity contribution in [1.82, 2.24) is 19.3 Å². The fourth-order valence-corrected chi connectivity index (χ4v) is 6.24. The summed E-state index contributed by atoms with van der Waals surface area (Å²) < 4.78 is 8.40. The largest absolute Gasteiger partial charge is 0.467 e. The molecule has 0 radical (unpaired) electrons. The maximum atomic E-state index is 13.7. The van der Waals surface area contributed by atoms with E-state index < -0.39 is 5.91 Å². The predicted octanol–water partition coefficient (Wildman–Crippen LogP) is 3.32. The lowest BCUT2D eigenvalue weighted by Gasteiger charge is -2.14. The Morgan fingerprint density at radius 3 is 2.79 bits per heavy atom. The van der Waals surface area contributed by atoms with Crippen LogP contribution >= 0.6 is 11.3 Å². The van der Waals surface area contributed by atoms with E-state index >= 15 is 0 Å². The Kier molecular flexibility index (Phi) is 5.91. The Labute approximate surface area is 220 Å². The summed E-state index contributed by atoms with van der Waals surface area (Å²) in [7, 11) is 1.56. The van der Waals surface area contributed by atoms with E-state index in [9.17, 15) is 14.4 Å². The van der Waals surface area contributed by atoms with Crippen LogP contribution in [0.15, 0.2) is 58.1 Å². The number of nitrogens with zero attached hydrogens (tertiary/aromatic N) is 3. The second-order valence-corrected chi connectivity index (χ2v) is 10.2. The van der Waals surface area contributed by atoms with Crippen molar-refractivity contribution in [3.63, 3.8) is 0 Å². The number of thiophene rings is 1. The number of aromatic nitrogens is 3. The van der Waals surface area contributed by atoms with Crippen LogP contribution in [-0.4, -0.2) is 32.8 Å². The number of nitrogens with one attached hydrogen (secondary N) is 3. The van der Waals surface area contributed by atoms with Gasteiger partial charge in [-0.3, -0.25) is 24.2 Å². The first-order valence-corrected chi connectivity index (χ1v) is 13.1. The number of pyridine rings is 2. The van der Waals surface area contributed by atoms with Gasteiger partial charge in [-0.2, -0.15) is 0 Å². The van der Waals surface area contributed by atoms with Gasteiger partial charge in [-0.15, -0.1) is 11.3 Å². The van der Waals surface area contributed by atoms with Gasteiger partial charge in [0.25, 0.3) is 17.4 Å². The van der Waals surface area contributed by atoms with Crippen LogP contribution in [0.25, 0.3) is 16.7 Å². The number of hydrogen-bond acceptors (Lipinski definition) is 7. The number of hydrogen-bond donors (Lipinski definition) is 3. The Morgan fingerprint density at radius 2 is 2.00 bits per heavy atom. The molecule has 5 aromatic heterocycles. The molecule has 0 saturated heterocycles. The van der Waals surface area contributed by atoms with E-state index in [-0.39, 0.29) is 40.1 Å². The standard InChI is InChI=1S/C27H24N6O4S/c1-29-25(35)21-16-8-2-3-9-19(16)38-26(21)31-24(34)17-13-18-23(30-20-10-4-5-11-32(20)27(18)36)33(22(17)28)14-15-7-6-12-37-15/h4-7,10-13,28H,2-3,8-9,14H2,1H3,(H,29,35)(H,31,34). The normalized spacial score (nSPS) is 13.0. The van der Waals surface area contributed by atoms with Gasteiger partial charge in [0.2, 0.25) is 0 Å². The molecule has 1 aliphatic rings. The Hall–Kier alpha value is -4.51. The summed E-state index contributed by atoms with van der Waals surface area (Å²) >= 11 is 1.40. The summed E-state index contributed by atoms with van der Waals surface area (Å²) in [5, 5.41) is 15.1. The SMILES string of the molecule is CNC(=O)c1c(NC(=O)c2cc3c(=O)n4ccccc4nc3n(Cc3ccco3)c2=N)sc2c1CCCC2. The van der Waals surface area contributed by atoms with Crippen molar-refractivity contribution in [2.75, 3.05) is 12.4 Å². The highest BCUT2D eigenvalue weighted by molar-refractivity contribution is 7.17. The molecule has 38 heavy (non-hydrogen) atoms. The average molecular weight is 529 g/mol. The third-order valence-electron chi connectivity index (χ3n) is 6.81. The van der Waals surface area contributed by atoms with Gasteiger partial charge < -0.3 is 19.6 Å². The van der Waals surface area contributed by atoms with E-state index in [1.807, 2.05) is 0 Å². The van der Waals surface area contributed by atoms with Crippen molar-refractivity contribution >= 4 is 44.8 Å². The summed E-state index contributed by atoms with van der Waals surface area (Å²) in [6, 6.07) is 10.1. The molecule has 0 fully saturated rings. The first-order chi connectivity index (χ1) is 18.5. The van der Waals surface area contributed by atoms with Gasteiger partial charge in [0.05, 0.1) is 29.3 Å². The van der Waals surface area contributed by atoms with Crippen LogP contribution in [0.2, 0.25) is 0 Å². The summed E-state index contributed by atoms with van der Waals surface area (Å²) in [6.07, 6.45) is 6.80. The number of aryl methyl sites for hydroxylation is 1. The van der Waals surface area contributed by atoms with E-state index in [0.29, 0.717) is 22.0 Å². The van der Waals surface area contributed by atoms with Crippen LogP contribution in [-0.2, 0) is 19.4 Å². The number of anilines is 1. The maximum absolute atomic E-state index is 13.7. The molecule has 192 valence electrons. The molecule has 5 aromatic rings. The monoisotopic (exact) mass is 528 g/mol. The molecule has 2 amide bonds. The maximum Gasteiger partial charge on any atom is 0.267 e. The Balaban J connectivity index is 1.52. The summed E-state index contributed by atoms with van der Waals surface area (Å²) in [5.41, 5.74) is 1.66. The Morgan fingerprint density at radius 1 is 1.16 bits per heavy atom. The molecular formula is C27H24N6O4S. The Bertz CT molecular complexity index is 1850. The van der Waals surface area contributed by atoms with Gasteiger partial charge in [0.1, 0.15) is 27.5 Å². The molecule has 5 heterocycles. The molecular weight excluding hydrogens is 504 g/mol. The molecule has 0 unspecified atom stereocenters. The minimum absolute atomic E-state index is 0.00642. The van der Waals surface area contributed by atoms with Gasteiger partial charge >= 0.3 is 0 Å². The zero-order chi connectivity index (χ0) is 26.4. The van der Waals surface area contributed by atoms with E-state index in [0.717, 1.165) is 36.1 Å². The quantitative estimate of drug-likeness (QED) is 0.301. The zero-order valence-corrected chi connectivity index (χ0v) is 21.4. The number of fused-ring (bicyclic) bond motifs is 3. The number of furan rings is 1. The second kappa shape index (κ2) is 9.42. The average Bonchev–Trinajstić information content (AvgIpc) is 3.57. The van der Waals surface area contributed by atoms with E-state index in [2.05, 4.69) is 15.6 Å². The summed E-state index contributed by atoms with van der Waals surface area (Å²) in [5.74, 6) is -0.289. The number of carbonyl (C=O) groups excluding carboxylic acids is 2. The molecule has 1 aliphatic carbocycles. The third kappa shape index (κ3) is 3.91. The van der Waals surface area contributed by atoms with Gasteiger partial charge in [-0.25, -0.2) is 4.98 Å². The van der Waals surface area contributed by atoms with Crippen molar-refractivity contribution < 1.29 is 14.0 Å². The molecule has 0 spiro atoms. The predicted molar refractivity (Wildman–Crippen MR) is 143 cm³/mol. The minimum atomic E-state index is -0.577. The lowest BCUT2D eigenvalue weighted by Crippen LogP contribution is -2.32. The van der Waals surface area contributed by atoms with Crippen LogP contribution in [0.4, 0.5) is 5.00 Å². The first-order valence-electron chi connectivity index (χ1n) is 12.3. The van der Waals surface area contributed by atoms with Crippen molar-refractivity contribution in [3.8, 4) is 0 Å². The molecule has 6 rings (SSSR count). The topological polar surface area (TPSA) is 134 Å². The molecule has 3 N–H and O–H groups in total. The van der Waals surface area contributed by atoms with Crippen LogP contribution in [0, 0.1) is 5.41 Å². The molecule has 11 heteroatoms. The third-order valence-corrected chi connectivity index (χ3v) is 8.02. The highest BCUT2D eigenvalue weighted by Crippen LogP contribution is 2.38. The van der Waals surface area contributed by atoms with Crippen LogP contribution in [0.3, 0.4) is 0 Å². The molecule has 0 bridgehead atoms. The molecule has 0 atom stereocenters. The van der Waals surface area contributed by atoms with Crippen LogP contribution < -0.4 is 21.7 Å². The van der Waals surface area contributed by atoms with Crippen molar-refractivity contribution in [3.05, 3.63) is 92.0 Å². The van der Waals surface area contributed by atoms with Crippen molar-refractivity contribution in [1.29, 1.82) is 5.41 Å². The lowest BCUT2D eigenvalue weighted by molar-refractivity contribution is 0.0963. The summed E-state index contributed by atoms with van der Waals surface area (Å²) in [6.45, 7) is 0.107. The second-order valence-electron chi connectivity index (χ2n) is 9.10. The van der Waals surface area contributed by atoms with E-state index in [4.69, 9.17) is 9.83 Å². The first kappa shape index (κ1) is 23.9. The highest BCUT2D eigenvalue weighted by Gasteiger charge is 2.27. The fraction of sp³-hybridized carbons (Fsp3) is 0.222. The summed E-state index contributed by atoms with van der Waals surface area (Å²) in [4.78, 5) is 45.6. The van der Waals surface area contributed by atoms with Gasteiger partial charge in [-0.1, -0.05) is 6.07 Å². The van der Waals surface area contributed by atoms with E-state index in [1.54, 1.807) is 43.6 Å². The van der Waals surface area contributed by atoms with Gasteiger partial charge in [0, 0.05) is 18.1 Å². The molecule has 0 saturated carbocycles. The highest BCUT2D eigenvalue weighted by atomic mass is 32.1. The number of carbonyl (C=O) groups is 2. The molecule has 10 nitrogen and oxygen atoms in total. The van der Waals surface area contributed by atoms with E-state index in [1.165, 1.54) is 32.6 Å². The zero-order valence-electron chi connectivity index (χ0n) is 20.5. The van der Waals surface area contributed by atoms with Gasteiger partial charge in [-0.05, 0) is 61.6 Å². The fourth-order valence-electron chi connectivity index (χ4n) is 4.96.